The lowest BCUT2D eigenvalue weighted by Gasteiger charge is -2.21. The molecule has 0 aliphatic rings. The van der Waals surface area contributed by atoms with Crippen LogP contribution in [-0.2, 0) is 10.0 Å². The number of sulfonamides is 1. The predicted octanol–water partition coefficient (Wildman–Crippen LogP) is 1.46. The first-order valence-electron chi connectivity index (χ1n) is 6.21. The van der Waals surface area contributed by atoms with Crippen LogP contribution in [0.5, 0.6) is 5.75 Å². The van der Waals surface area contributed by atoms with E-state index in [0.29, 0.717) is 18.0 Å². The highest BCUT2D eigenvalue weighted by atomic mass is 32.2. The zero-order chi connectivity index (χ0) is 14.5. The summed E-state index contributed by atoms with van der Waals surface area (Å²) in [4.78, 5) is 0. The minimum atomic E-state index is -3.35. The van der Waals surface area contributed by atoms with Crippen LogP contribution >= 0.6 is 0 Å². The highest BCUT2D eigenvalue weighted by molar-refractivity contribution is 7.92. The van der Waals surface area contributed by atoms with Gasteiger partial charge in [0.2, 0.25) is 10.0 Å². The summed E-state index contributed by atoms with van der Waals surface area (Å²) in [5.74, 6) is 0.602. The van der Waals surface area contributed by atoms with Crippen LogP contribution in [0.4, 0.5) is 5.69 Å². The number of para-hydroxylation sites is 2. The molecule has 1 N–H and O–H groups in total. The molecular weight excluding hydrogens is 264 g/mol. The van der Waals surface area contributed by atoms with E-state index in [1.165, 1.54) is 11.4 Å². The van der Waals surface area contributed by atoms with E-state index in [0.717, 1.165) is 0 Å². The Labute approximate surface area is 115 Å². The Hall–Kier alpha value is -1.27. The zero-order valence-corrected chi connectivity index (χ0v) is 12.7. The molecule has 0 amide bonds. The summed E-state index contributed by atoms with van der Waals surface area (Å²) in [5, 5.41) is 3.10. The lowest BCUT2D eigenvalue weighted by molar-refractivity contribution is 0.416. The topological polar surface area (TPSA) is 58.6 Å². The zero-order valence-electron chi connectivity index (χ0n) is 11.9. The normalized spacial score (nSPS) is 11.6. The van der Waals surface area contributed by atoms with Crippen LogP contribution in [-0.4, -0.2) is 40.9 Å². The van der Waals surface area contributed by atoms with Crippen LogP contribution in [0.3, 0.4) is 0 Å². The monoisotopic (exact) mass is 286 g/mol. The van der Waals surface area contributed by atoms with E-state index in [1.807, 2.05) is 19.9 Å². The molecule has 0 spiro atoms. The SMILES string of the molecule is COc1ccccc1N(C)S(=O)(=O)CCNC(C)C. The fourth-order valence-electron chi connectivity index (χ4n) is 1.65. The number of nitrogens with one attached hydrogen (secondary N) is 1. The molecule has 0 fully saturated rings. The summed E-state index contributed by atoms with van der Waals surface area (Å²) in [6.45, 7) is 4.40. The molecule has 1 aromatic carbocycles. The summed E-state index contributed by atoms with van der Waals surface area (Å²) in [6, 6.07) is 7.34. The van der Waals surface area contributed by atoms with Crippen molar-refractivity contribution >= 4 is 15.7 Å². The van der Waals surface area contributed by atoms with Crippen LogP contribution in [0.1, 0.15) is 13.8 Å². The number of nitrogens with zero attached hydrogens (tertiary/aromatic N) is 1. The maximum atomic E-state index is 12.2. The smallest absolute Gasteiger partial charge is 0.236 e. The van der Waals surface area contributed by atoms with Crippen molar-refractivity contribution < 1.29 is 13.2 Å². The van der Waals surface area contributed by atoms with Gasteiger partial charge in [-0.15, -0.1) is 0 Å². The highest BCUT2D eigenvalue weighted by Crippen LogP contribution is 2.28. The van der Waals surface area contributed by atoms with Gasteiger partial charge in [-0.1, -0.05) is 26.0 Å². The molecule has 19 heavy (non-hydrogen) atoms. The third-order valence-electron chi connectivity index (χ3n) is 2.75. The summed E-state index contributed by atoms with van der Waals surface area (Å²) < 4.78 is 30.9. The molecule has 0 radical (unpaired) electrons. The van der Waals surface area contributed by atoms with Gasteiger partial charge in [-0.05, 0) is 12.1 Å². The van der Waals surface area contributed by atoms with E-state index in [1.54, 1.807) is 25.2 Å². The minimum absolute atomic E-state index is 0.0553. The van der Waals surface area contributed by atoms with Gasteiger partial charge in [0.25, 0.3) is 0 Å². The number of ether oxygens (including phenoxy) is 1. The van der Waals surface area contributed by atoms with Crippen LogP contribution < -0.4 is 14.4 Å². The van der Waals surface area contributed by atoms with Gasteiger partial charge in [0, 0.05) is 19.6 Å². The van der Waals surface area contributed by atoms with Crippen molar-refractivity contribution in [3.05, 3.63) is 24.3 Å². The van der Waals surface area contributed by atoms with E-state index in [-0.39, 0.29) is 11.8 Å². The molecule has 0 aliphatic heterocycles. The fraction of sp³-hybridized carbons (Fsp3) is 0.538. The number of anilines is 1. The van der Waals surface area contributed by atoms with Gasteiger partial charge in [0.15, 0.2) is 0 Å². The van der Waals surface area contributed by atoms with Gasteiger partial charge in [-0.3, -0.25) is 4.31 Å². The van der Waals surface area contributed by atoms with Crippen molar-refractivity contribution in [2.45, 2.75) is 19.9 Å². The Balaban J connectivity index is 2.83. The van der Waals surface area contributed by atoms with Crippen molar-refractivity contribution in [3.8, 4) is 5.75 Å². The van der Waals surface area contributed by atoms with Crippen LogP contribution in [0.2, 0.25) is 0 Å². The molecule has 0 aromatic heterocycles. The molecule has 0 heterocycles. The maximum Gasteiger partial charge on any atom is 0.236 e. The summed E-state index contributed by atoms with van der Waals surface area (Å²) in [6.07, 6.45) is 0. The Bertz CT molecular complexity index is 500. The first-order valence-corrected chi connectivity index (χ1v) is 7.82. The molecule has 0 saturated carbocycles. The predicted molar refractivity (Wildman–Crippen MR) is 78.3 cm³/mol. The first kappa shape index (κ1) is 15.8. The van der Waals surface area contributed by atoms with Gasteiger partial charge < -0.3 is 10.1 Å². The number of hydrogen-bond donors (Lipinski definition) is 1. The molecule has 1 rings (SSSR count). The van der Waals surface area contributed by atoms with Crippen LogP contribution in [0.15, 0.2) is 24.3 Å². The number of hydrogen-bond acceptors (Lipinski definition) is 4. The first-order chi connectivity index (χ1) is 8.88. The Morgan fingerprint density at radius 3 is 2.53 bits per heavy atom. The van der Waals surface area contributed by atoms with Crippen molar-refractivity contribution in [2.75, 3.05) is 30.8 Å². The molecule has 108 valence electrons. The van der Waals surface area contributed by atoms with E-state index in [2.05, 4.69) is 5.32 Å². The van der Waals surface area contributed by atoms with Gasteiger partial charge in [-0.2, -0.15) is 0 Å². The Morgan fingerprint density at radius 1 is 1.32 bits per heavy atom. The van der Waals surface area contributed by atoms with Crippen LogP contribution in [0.25, 0.3) is 0 Å². The molecule has 0 atom stereocenters. The molecular formula is C13H22N2O3S. The number of rotatable bonds is 7. The lowest BCUT2D eigenvalue weighted by Crippen LogP contribution is -2.35. The standard InChI is InChI=1S/C13H22N2O3S/c1-11(2)14-9-10-19(16,17)15(3)12-7-5-6-8-13(12)18-4/h5-8,11,14H,9-10H2,1-4H3. The molecule has 5 nitrogen and oxygen atoms in total. The molecule has 1 aromatic rings. The average Bonchev–Trinajstić information content (AvgIpc) is 2.37. The molecule has 0 saturated heterocycles. The molecule has 0 unspecified atom stereocenters. The molecule has 6 heteroatoms. The minimum Gasteiger partial charge on any atom is -0.495 e. The second kappa shape index (κ2) is 6.77. The second-order valence-corrected chi connectivity index (χ2v) is 6.68. The third-order valence-corrected chi connectivity index (χ3v) is 4.51. The number of methoxy groups -OCH3 is 1. The Morgan fingerprint density at radius 2 is 1.95 bits per heavy atom. The third kappa shape index (κ3) is 4.40. The highest BCUT2D eigenvalue weighted by Gasteiger charge is 2.20. The van der Waals surface area contributed by atoms with E-state index >= 15 is 0 Å². The summed E-state index contributed by atoms with van der Waals surface area (Å²) in [7, 11) is -0.279. The number of benzene rings is 1. The molecule has 0 aliphatic carbocycles. The quantitative estimate of drug-likeness (QED) is 0.824. The fourth-order valence-corrected chi connectivity index (χ4v) is 2.75. The van der Waals surface area contributed by atoms with Gasteiger partial charge in [0.05, 0.1) is 18.6 Å². The van der Waals surface area contributed by atoms with Crippen molar-refractivity contribution in [3.63, 3.8) is 0 Å². The summed E-state index contributed by atoms with van der Waals surface area (Å²) >= 11 is 0. The maximum absolute atomic E-state index is 12.2. The second-order valence-electron chi connectivity index (χ2n) is 4.56. The van der Waals surface area contributed by atoms with E-state index in [9.17, 15) is 8.42 Å². The molecule has 0 bridgehead atoms. The van der Waals surface area contributed by atoms with Crippen molar-refractivity contribution in [1.82, 2.24) is 5.32 Å². The van der Waals surface area contributed by atoms with E-state index < -0.39 is 10.0 Å². The summed E-state index contributed by atoms with van der Waals surface area (Å²) in [5.41, 5.74) is 0.551. The Kier molecular flexibility index (Phi) is 5.62. The van der Waals surface area contributed by atoms with Gasteiger partial charge >= 0.3 is 0 Å². The average molecular weight is 286 g/mol. The van der Waals surface area contributed by atoms with Gasteiger partial charge in [-0.25, -0.2) is 8.42 Å². The lowest BCUT2D eigenvalue weighted by atomic mass is 10.3. The largest absolute Gasteiger partial charge is 0.495 e. The van der Waals surface area contributed by atoms with Crippen molar-refractivity contribution in [2.24, 2.45) is 0 Å². The van der Waals surface area contributed by atoms with Crippen molar-refractivity contribution in [1.29, 1.82) is 0 Å². The van der Waals surface area contributed by atoms with Gasteiger partial charge in [0.1, 0.15) is 5.75 Å². The van der Waals surface area contributed by atoms with Crippen LogP contribution in [0, 0.1) is 0 Å². The van der Waals surface area contributed by atoms with E-state index in [4.69, 9.17) is 4.74 Å².